The average molecular weight is 351 g/mol. The maximum absolute atomic E-state index is 9.10. The molecule has 1 aliphatic carbocycles. The summed E-state index contributed by atoms with van der Waals surface area (Å²) >= 11 is 1.74. The van der Waals surface area contributed by atoms with Crippen molar-refractivity contribution < 1.29 is 9.47 Å². The fraction of sp³-hybridized carbons (Fsp3) is 0.316. The molecule has 2 heterocycles. The van der Waals surface area contributed by atoms with Crippen LogP contribution >= 0.6 is 11.3 Å². The van der Waals surface area contributed by atoms with Crippen LogP contribution in [-0.2, 0) is 12.8 Å². The van der Waals surface area contributed by atoms with Crippen LogP contribution in [-0.4, -0.2) is 16.6 Å². The van der Waals surface area contributed by atoms with Gasteiger partial charge in [-0.3, -0.25) is 0 Å². The quantitative estimate of drug-likeness (QED) is 0.690. The topological polar surface area (TPSA) is 68.0 Å². The van der Waals surface area contributed by atoms with Crippen LogP contribution in [0.2, 0.25) is 0 Å². The highest BCUT2D eigenvalue weighted by molar-refractivity contribution is 7.19. The lowest BCUT2D eigenvalue weighted by Gasteiger charge is -2.12. The summed E-state index contributed by atoms with van der Waals surface area (Å²) in [6.45, 7) is 4.28. The molecule has 6 heteroatoms. The Bertz CT molecular complexity index is 1000. The van der Waals surface area contributed by atoms with Gasteiger partial charge in [-0.2, -0.15) is 10.2 Å². The second-order valence-corrected chi connectivity index (χ2v) is 7.01. The first-order valence-corrected chi connectivity index (χ1v) is 9.15. The summed E-state index contributed by atoms with van der Waals surface area (Å²) in [4.78, 5) is 11.5. The second-order valence-electron chi connectivity index (χ2n) is 5.92. The van der Waals surface area contributed by atoms with Crippen molar-refractivity contribution in [1.29, 1.82) is 5.26 Å². The van der Waals surface area contributed by atoms with Crippen LogP contribution in [0.4, 0.5) is 0 Å². The van der Waals surface area contributed by atoms with E-state index in [2.05, 4.69) is 16.0 Å². The van der Waals surface area contributed by atoms with E-state index in [1.165, 1.54) is 16.9 Å². The Morgan fingerprint density at radius 3 is 2.92 bits per heavy atom. The van der Waals surface area contributed by atoms with E-state index in [1.54, 1.807) is 29.5 Å². The molecule has 1 aromatic carbocycles. The van der Waals surface area contributed by atoms with Crippen molar-refractivity contribution in [2.75, 3.05) is 6.61 Å². The minimum absolute atomic E-state index is 0.497. The molecule has 0 saturated carbocycles. The zero-order chi connectivity index (χ0) is 17.4. The highest BCUT2D eigenvalue weighted by atomic mass is 32.1. The minimum atomic E-state index is 0.497. The molecule has 0 radical (unpaired) electrons. The molecular weight excluding hydrogens is 334 g/mol. The van der Waals surface area contributed by atoms with Crippen molar-refractivity contribution in [3.8, 4) is 23.4 Å². The maximum atomic E-state index is 9.10. The fourth-order valence-corrected chi connectivity index (χ4v) is 4.47. The molecule has 0 bridgehead atoms. The Morgan fingerprint density at radius 1 is 1.24 bits per heavy atom. The van der Waals surface area contributed by atoms with E-state index in [0.717, 1.165) is 23.1 Å². The van der Waals surface area contributed by atoms with Crippen molar-refractivity contribution in [1.82, 2.24) is 9.97 Å². The van der Waals surface area contributed by atoms with Gasteiger partial charge in [-0.15, -0.1) is 11.3 Å². The number of fused-ring (bicyclic) bond motifs is 3. The highest BCUT2D eigenvalue weighted by Crippen LogP contribution is 2.42. The molecule has 0 fully saturated rings. The maximum Gasteiger partial charge on any atom is 0.231 e. The number of rotatable bonds is 4. The van der Waals surface area contributed by atoms with Gasteiger partial charge in [0.15, 0.2) is 11.5 Å². The minimum Gasteiger partial charge on any atom is -0.490 e. The molecule has 0 spiro atoms. The lowest BCUT2D eigenvalue weighted by atomic mass is 10.2. The summed E-state index contributed by atoms with van der Waals surface area (Å²) in [6, 6.07) is 7.31. The molecule has 0 aliphatic heterocycles. The van der Waals surface area contributed by atoms with Gasteiger partial charge in [0.1, 0.15) is 10.7 Å². The number of hydrogen-bond acceptors (Lipinski definition) is 6. The molecule has 3 aromatic rings. The summed E-state index contributed by atoms with van der Waals surface area (Å²) in [5.74, 6) is 2.39. The normalized spacial score (nSPS) is 12.8. The fourth-order valence-electron chi connectivity index (χ4n) is 3.17. The first-order valence-electron chi connectivity index (χ1n) is 8.33. The van der Waals surface area contributed by atoms with Gasteiger partial charge in [0, 0.05) is 10.9 Å². The first-order chi connectivity index (χ1) is 12.2. The van der Waals surface area contributed by atoms with Crippen LogP contribution in [0.3, 0.4) is 0 Å². The number of ether oxygens (including phenoxy) is 2. The van der Waals surface area contributed by atoms with Gasteiger partial charge >= 0.3 is 0 Å². The summed E-state index contributed by atoms with van der Waals surface area (Å²) in [7, 11) is 0. The van der Waals surface area contributed by atoms with Gasteiger partial charge in [0.25, 0.3) is 0 Å². The number of nitriles is 1. The monoisotopic (exact) mass is 351 g/mol. The Balaban J connectivity index is 1.82. The summed E-state index contributed by atoms with van der Waals surface area (Å²) in [6.07, 6.45) is 3.32. The number of aromatic nitrogens is 2. The van der Waals surface area contributed by atoms with Gasteiger partial charge in [-0.1, -0.05) is 0 Å². The van der Waals surface area contributed by atoms with E-state index >= 15 is 0 Å². The number of thiophene rings is 1. The smallest absolute Gasteiger partial charge is 0.231 e. The van der Waals surface area contributed by atoms with Crippen LogP contribution in [0.25, 0.3) is 10.2 Å². The van der Waals surface area contributed by atoms with Crippen LogP contribution in [0.5, 0.6) is 17.4 Å². The number of aryl methyl sites for hydroxylation is 3. The summed E-state index contributed by atoms with van der Waals surface area (Å²) in [5.41, 5.74) is 1.86. The van der Waals surface area contributed by atoms with Crippen molar-refractivity contribution in [3.63, 3.8) is 0 Å². The Hall–Kier alpha value is -2.65. The Kier molecular flexibility index (Phi) is 4.02. The van der Waals surface area contributed by atoms with E-state index in [0.29, 0.717) is 35.4 Å². The van der Waals surface area contributed by atoms with Gasteiger partial charge in [0.2, 0.25) is 5.88 Å². The molecule has 4 rings (SSSR count). The van der Waals surface area contributed by atoms with Crippen LogP contribution in [0, 0.1) is 18.3 Å². The van der Waals surface area contributed by atoms with E-state index in [-0.39, 0.29) is 0 Å². The Labute approximate surface area is 149 Å². The molecule has 5 nitrogen and oxygen atoms in total. The second kappa shape index (κ2) is 6.34. The van der Waals surface area contributed by atoms with Gasteiger partial charge < -0.3 is 9.47 Å². The summed E-state index contributed by atoms with van der Waals surface area (Å²) in [5, 5.41) is 10.1. The third-order valence-corrected chi connectivity index (χ3v) is 5.41. The molecule has 0 N–H and O–H groups in total. The van der Waals surface area contributed by atoms with E-state index < -0.39 is 0 Å². The average Bonchev–Trinajstić information content (AvgIpc) is 3.16. The van der Waals surface area contributed by atoms with Crippen LogP contribution < -0.4 is 9.47 Å². The summed E-state index contributed by atoms with van der Waals surface area (Å²) < 4.78 is 11.8. The highest BCUT2D eigenvalue weighted by Gasteiger charge is 2.23. The van der Waals surface area contributed by atoms with E-state index in [1.807, 2.05) is 13.8 Å². The third kappa shape index (κ3) is 2.81. The lowest BCUT2D eigenvalue weighted by Crippen LogP contribution is -1.99. The number of nitrogens with zero attached hydrogens (tertiary/aromatic N) is 3. The van der Waals surface area contributed by atoms with Crippen molar-refractivity contribution in [2.45, 2.75) is 33.1 Å². The first kappa shape index (κ1) is 15.9. The molecule has 0 unspecified atom stereocenters. The number of hydrogen-bond donors (Lipinski definition) is 0. The standard InChI is InChI=1S/C19H17N3O2S/c1-3-23-15-9-12(10-20)7-8-14(15)24-18-17-13-5-4-6-16(13)25-19(17)22-11(2)21-18/h7-9H,3-6H2,1-2H3. The van der Waals surface area contributed by atoms with Gasteiger partial charge in [0.05, 0.1) is 23.6 Å². The van der Waals surface area contributed by atoms with E-state index in [9.17, 15) is 0 Å². The van der Waals surface area contributed by atoms with Crippen molar-refractivity contribution >= 4 is 21.6 Å². The van der Waals surface area contributed by atoms with Gasteiger partial charge in [-0.05, 0) is 50.8 Å². The lowest BCUT2D eigenvalue weighted by molar-refractivity contribution is 0.320. The molecule has 1 aliphatic rings. The SMILES string of the molecule is CCOc1cc(C#N)ccc1Oc1nc(C)nc2sc3c(c12)CCC3. The largest absolute Gasteiger partial charge is 0.490 e. The Morgan fingerprint density at radius 2 is 2.12 bits per heavy atom. The molecule has 126 valence electrons. The molecule has 2 aromatic heterocycles. The van der Waals surface area contributed by atoms with Crippen molar-refractivity contribution in [3.05, 3.63) is 40.0 Å². The van der Waals surface area contributed by atoms with Gasteiger partial charge in [-0.25, -0.2) is 4.98 Å². The molecule has 25 heavy (non-hydrogen) atoms. The van der Waals surface area contributed by atoms with Crippen LogP contribution in [0.1, 0.15) is 35.2 Å². The van der Waals surface area contributed by atoms with Crippen LogP contribution in [0.15, 0.2) is 18.2 Å². The molecule has 0 amide bonds. The van der Waals surface area contributed by atoms with E-state index in [4.69, 9.17) is 14.7 Å². The molecule has 0 saturated heterocycles. The number of benzene rings is 1. The third-order valence-electron chi connectivity index (χ3n) is 4.22. The predicted octanol–water partition coefficient (Wildman–Crippen LogP) is 4.55. The predicted molar refractivity (Wildman–Crippen MR) is 96.6 cm³/mol. The zero-order valence-corrected chi connectivity index (χ0v) is 14.9. The molecular formula is C19H17N3O2S. The molecule has 0 atom stereocenters. The zero-order valence-electron chi connectivity index (χ0n) is 14.1. The van der Waals surface area contributed by atoms with Crippen molar-refractivity contribution in [2.24, 2.45) is 0 Å².